The second-order valence-corrected chi connectivity index (χ2v) is 4.05. The Morgan fingerprint density at radius 2 is 2.16 bits per heavy atom. The van der Waals surface area contributed by atoms with Crippen molar-refractivity contribution in [3.05, 3.63) is 22.2 Å². The number of carboxylic acid groups (broad SMARTS) is 1. The van der Waals surface area contributed by atoms with Crippen LogP contribution in [0.5, 0.6) is 0 Å². The lowest BCUT2D eigenvalue weighted by Crippen LogP contribution is -2.34. The number of carbonyl (C=O) groups excluding carboxylic acids is 1. The molecule has 8 nitrogen and oxygen atoms in total. The molecule has 2 aromatic rings. The van der Waals surface area contributed by atoms with E-state index >= 15 is 0 Å². The Balaban J connectivity index is 2.75. The Morgan fingerprint density at radius 3 is 2.74 bits per heavy atom. The summed E-state index contributed by atoms with van der Waals surface area (Å²) < 4.78 is 1.25. The SMILES string of the molecule is CNc1ncc2nc(C(C)C(=O)[O-])c(=O)n(C)c2n1. The molecule has 2 heterocycles. The fourth-order valence-electron chi connectivity index (χ4n) is 1.65. The van der Waals surface area contributed by atoms with Crippen molar-refractivity contribution in [2.75, 3.05) is 12.4 Å². The molecule has 0 fully saturated rings. The number of hydrogen-bond acceptors (Lipinski definition) is 7. The van der Waals surface area contributed by atoms with Crippen molar-refractivity contribution in [3.63, 3.8) is 0 Å². The summed E-state index contributed by atoms with van der Waals surface area (Å²) in [5.74, 6) is -2.09. The van der Waals surface area contributed by atoms with E-state index in [1.165, 1.54) is 24.7 Å². The fraction of sp³-hybridized carbons (Fsp3) is 0.364. The van der Waals surface area contributed by atoms with E-state index in [1.54, 1.807) is 7.05 Å². The Labute approximate surface area is 108 Å². The summed E-state index contributed by atoms with van der Waals surface area (Å²) in [5.41, 5.74) is 0.0867. The molecule has 0 aliphatic carbocycles. The van der Waals surface area contributed by atoms with Crippen molar-refractivity contribution in [1.29, 1.82) is 0 Å². The van der Waals surface area contributed by atoms with Gasteiger partial charge in [0.2, 0.25) is 5.95 Å². The smallest absolute Gasteiger partial charge is 0.274 e. The van der Waals surface area contributed by atoms with E-state index < -0.39 is 17.4 Å². The van der Waals surface area contributed by atoms with Crippen LogP contribution in [-0.4, -0.2) is 32.5 Å². The van der Waals surface area contributed by atoms with Gasteiger partial charge in [-0.25, -0.2) is 9.97 Å². The molecular formula is C11H12N5O3-. The number of hydrogen-bond donors (Lipinski definition) is 1. The van der Waals surface area contributed by atoms with E-state index in [0.717, 1.165) is 0 Å². The minimum absolute atomic E-state index is 0.0872. The zero-order chi connectivity index (χ0) is 14.2. The number of nitrogens with zero attached hydrogens (tertiary/aromatic N) is 4. The zero-order valence-corrected chi connectivity index (χ0v) is 10.7. The van der Waals surface area contributed by atoms with Gasteiger partial charge >= 0.3 is 0 Å². The quantitative estimate of drug-likeness (QED) is 0.725. The average molecular weight is 262 g/mol. The highest BCUT2D eigenvalue weighted by atomic mass is 16.4. The van der Waals surface area contributed by atoms with Gasteiger partial charge in [0.05, 0.1) is 12.2 Å². The molecule has 0 aliphatic heterocycles. The van der Waals surface area contributed by atoms with Gasteiger partial charge in [-0.2, -0.15) is 4.98 Å². The third kappa shape index (κ3) is 2.12. The van der Waals surface area contributed by atoms with Crippen LogP contribution >= 0.6 is 0 Å². The molecule has 0 aromatic carbocycles. The summed E-state index contributed by atoms with van der Waals surface area (Å²) >= 11 is 0. The Bertz CT molecular complexity index is 709. The second-order valence-electron chi connectivity index (χ2n) is 4.05. The van der Waals surface area contributed by atoms with Gasteiger partial charge in [0, 0.05) is 20.0 Å². The van der Waals surface area contributed by atoms with Gasteiger partial charge in [0.15, 0.2) is 5.65 Å². The van der Waals surface area contributed by atoms with Crippen molar-refractivity contribution in [3.8, 4) is 0 Å². The number of aryl methyl sites for hydroxylation is 1. The number of carbonyl (C=O) groups is 1. The van der Waals surface area contributed by atoms with Crippen LogP contribution in [-0.2, 0) is 11.8 Å². The summed E-state index contributed by atoms with van der Waals surface area (Å²) in [6.07, 6.45) is 1.43. The van der Waals surface area contributed by atoms with Gasteiger partial charge in [-0.3, -0.25) is 9.36 Å². The first kappa shape index (κ1) is 12.9. The molecule has 100 valence electrons. The molecule has 2 aromatic heterocycles. The van der Waals surface area contributed by atoms with E-state index in [9.17, 15) is 14.7 Å². The van der Waals surface area contributed by atoms with Crippen LogP contribution in [0.25, 0.3) is 11.2 Å². The van der Waals surface area contributed by atoms with Gasteiger partial charge in [-0.15, -0.1) is 0 Å². The second kappa shape index (κ2) is 4.63. The molecule has 0 spiro atoms. The predicted octanol–water partition coefficient (Wildman–Crippen LogP) is -1.38. The number of aromatic nitrogens is 4. The standard InChI is InChI=1S/C11H13N5O3/c1-5(10(18)19)7-9(17)16(3)8-6(14-7)4-13-11(12-2)15-8/h4-5H,1-3H3,(H,18,19)(H,12,13,15)/p-1. The molecule has 1 N–H and O–H groups in total. The van der Waals surface area contributed by atoms with Gasteiger partial charge in [-0.05, 0) is 0 Å². The van der Waals surface area contributed by atoms with Gasteiger partial charge < -0.3 is 15.2 Å². The zero-order valence-electron chi connectivity index (χ0n) is 10.7. The number of carboxylic acids is 1. The van der Waals surface area contributed by atoms with Crippen LogP contribution in [0.15, 0.2) is 11.0 Å². The number of fused-ring (bicyclic) bond motifs is 1. The normalized spacial score (nSPS) is 12.4. The van der Waals surface area contributed by atoms with E-state index in [1.807, 2.05) is 0 Å². The highest BCUT2D eigenvalue weighted by Gasteiger charge is 2.17. The van der Waals surface area contributed by atoms with E-state index in [0.29, 0.717) is 17.1 Å². The van der Waals surface area contributed by atoms with Crippen LogP contribution in [0.4, 0.5) is 5.95 Å². The van der Waals surface area contributed by atoms with Crippen LogP contribution in [0.1, 0.15) is 18.5 Å². The molecule has 0 aliphatic rings. The summed E-state index contributed by atoms with van der Waals surface area (Å²) in [6, 6.07) is 0. The molecule has 0 radical (unpaired) electrons. The number of anilines is 1. The topological polar surface area (TPSA) is 113 Å². The third-order valence-corrected chi connectivity index (χ3v) is 2.82. The molecule has 8 heteroatoms. The van der Waals surface area contributed by atoms with E-state index in [4.69, 9.17) is 0 Å². The van der Waals surface area contributed by atoms with Gasteiger partial charge in [-0.1, -0.05) is 6.92 Å². The van der Waals surface area contributed by atoms with Crippen LogP contribution in [0.2, 0.25) is 0 Å². The third-order valence-electron chi connectivity index (χ3n) is 2.82. The van der Waals surface area contributed by atoms with Crippen molar-refractivity contribution in [1.82, 2.24) is 19.5 Å². The molecule has 2 rings (SSSR count). The Hall–Kier alpha value is -2.51. The van der Waals surface area contributed by atoms with Crippen molar-refractivity contribution < 1.29 is 9.90 Å². The lowest BCUT2D eigenvalue weighted by atomic mass is 10.1. The predicted molar refractivity (Wildman–Crippen MR) is 65.5 cm³/mol. The molecule has 1 atom stereocenters. The molecule has 0 amide bonds. The molecule has 0 saturated heterocycles. The van der Waals surface area contributed by atoms with Crippen molar-refractivity contribution in [2.24, 2.45) is 7.05 Å². The van der Waals surface area contributed by atoms with E-state index in [2.05, 4.69) is 20.3 Å². The van der Waals surface area contributed by atoms with Gasteiger partial charge in [0.1, 0.15) is 11.2 Å². The fourth-order valence-corrected chi connectivity index (χ4v) is 1.65. The summed E-state index contributed by atoms with van der Waals surface area (Å²) in [4.78, 5) is 35.0. The van der Waals surface area contributed by atoms with E-state index in [-0.39, 0.29) is 5.69 Å². The minimum Gasteiger partial charge on any atom is -0.549 e. The largest absolute Gasteiger partial charge is 0.549 e. The summed E-state index contributed by atoms with van der Waals surface area (Å²) in [7, 11) is 3.16. The first-order valence-corrected chi connectivity index (χ1v) is 5.58. The average Bonchev–Trinajstić information content (AvgIpc) is 2.41. The minimum atomic E-state index is -1.35. The first-order chi connectivity index (χ1) is 8.95. The van der Waals surface area contributed by atoms with Crippen molar-refractivity contribution in [2.45, 2.75) is 12.8 Å². The van der Waals surface area contributed by atoms with Crippen LogP contribution < -0.4 is 16.0 Å². The molecule has 0 saturated carbocycles. The number of rotatable bonds is 3. The summed E-state index contributed by atoms with van der Waals surface area (Å²) in [6.45, 7) is 1.35. The highest BCUT2D eigenvalue weighted by Crippen LogP contribution is 2.13. The maximum absolute atomic E-state index is 12.1. The maximum Gasteiger partial charge on any atom is 0.274 e. The lowest BCUT2D eigenvalue weighted by molar-refractivity contribution is -0.307. The van der Waals surface area contributed by atoms with Crippen molar-refractivity contribution >= 4 is 23.1 Å². The molecular weight excluding hydrogens is 250 g/mol. The number of nitrogens with one attached hydrogen (secondary N) is 1. The highest BCUT2D eigenvalue weighted by molar-refractivity contribution is 5.75. The number of aliphatic carboxylic acids is 1. The van der Waals surface area contributed by atoms with Gasteiger partial charge in [0.25, 0.3) is 5.56 Å². The first-order valence-electron chi connectivity index (χ1n) is 5.58. The Kier molecular flexibility index (Phi) is 3.16. The maximum atomic E-state index is 12.1. The monoisotopic (exact) mass is 262 g/mol. The lowest BCUT2D eigenvalue weighted by Gasteiger charge is -2.13. The van der Waals surface area contributed by atoms with Crippen LogP contribution in [0.3, 0.4) is 0 Å². The Morgan fingerprint density at radius 1 is 1.47 bits per heavy atom. The molecule has 19 heavy (non-hydrogen) atoms. The molecule has 1 unspecified atom stereocenters. The molecule has 0 bridgehead atoms. The van der Waals surface area contributed by atoms with Crippen LogP contribution in [0, 0.1) is 0 Å². The summed E-state index contributed by atoms with van der Waals surface area (Å²) in [5, 5.41) is 13.6.